The minimum atomic E-state index is -0.560. The van der Waals surface area contributed by atoms with Crippen LogP contribution in [-0.2, 0) is 5.54 Å². The van der Waals surface area contributed by atoms with Gasteiger partial charge in [0.05, 0.1) is 17.8 Å². The molecule has 1 aliphatic heterocycles. The summed E-state index contributed by atoms with van der Waals surface area (Å²) in [4.78, 5) is 2.26. The lowest BCUT2D eigenvalue weighted by molar-refractivity contribution is -0.592. The van der Waals surface area contributed by atoms with E-state index in [1.54, 1.807) is 12.3 Å². The van der Waals surface area contributed by atoms with E-state index in [4.69, 9.17) is 0 Å². The third-order valence-electron chi connectivity index (χ3n) is 7.62. The van der Waals surface area contributed by atoms with Gasteiger partial charge in [-0.15, -0.1) is 0 Å². The minimum absolute atomic E-state index is 0.0799. The van der Waals surface area contributed by atoms with Crippen LogP contribution in [-0.4, -0.2) is 12.6 Å². The Morgan fingerprint density at radius 3 is 1.61 bits per heavy atom. The van der Waals surface area contributed by atoms with E-state index in [-0.39, 0.29) is 12.1 Å². The first kappa shape index (κ1) is 24.0. The van der Waals surface area contributed by atoms with Crippen molar-refractivity contribution in [2.24, 2.45) is 0 Å². The van der Waals surface area contributed by atoms with Gasteiger partial charge in [-0.2, -0.15) is 0 Å². The molecule has 1 aromatic heterocycles. The zero-order valence-corrected chi connectivity index (χ0v) is 21.2. The molecule has 4 nitrogen and oxygen atoms in total. The highest BCUT2D eigenvalue weighted by atomic mass is 16.5. The maximum absolute atomic E-state index is 12.9. The van der Waals surface area contributed by atoms with Gasteiger partial charge in [-0.3, -0.25) is 10.2 Å². The quantitative estimate of drug-likeness (QED) is 0.165. The van der Waals surface area contributed by atoms with Crippen LogP contribution in [0.25, 0.3) is 0 Å². The number of aromatic nitrogens is 1. The summed E-state index contributed by atoms with van der Waals surface area (Å²) in [5, 5.41) is 17.0. The van der Waals surface area contributed by atoms with Crippen LogP contribution in [0, 0.1) is 5.21 Å². The Hall–Kier alpha value is -4.41. The van der Waals surface area contributed by atoms with Gasteiger partial charge in [0.15, 0.2) is 0 Å². The van der Waals surface area contributed by atoms with Crippen LogP contribution in [0.1, 0.15) is 34.7 Å². The SMILES string of the molecule is [O-][n+]1ccccc1N1C[C@@H](NC(c2ccccc2)(c2ccccc2)c2ccccc2)C[C@@H]1c1ccccc1. The van der Waals surface area contributed by atoms with E-state index in [9.17, 15) is 5.21 Å². The highest BCUT2D eigenvalue weighted by molar-refractivity contribution is 5.50. The van der Waals surface area contributed by atoms with Crippen LogP contribution in [0.5, 0.6) is 0 Å². The molecule has 0 saturated carbocycles. The molecule has 5 aromatic rings. The van der Waals surface area contributed by atoms with Gasteiger partial charge in [-0.1, -0.05) is 127 Å². The lowest BCUT2D eigenvalue weighted by Crippen LogP contribution is -2.51. The number of hydrogen-bond donors (Lipinski definition) is 1. The van der Waals surface area contributed by atoms with Gasteiger partial charge in [0.1, 0.15) is 12.6 Å². The number of benzene rings is 4. The van der Waals surface area contributed by atoms with Gasteiger partial charge < -0.3 is 5.21 Å². The predicted octanol–water partition coefficient (Wildman–Crippen LogP) is 6.22. The molecule has 38 heavy (non-hydrogen) atoms. The number of nitrogens with zero attached hydrogens (tertiary/aromatic N) is 2. The first-order chi connectivity index (χ1) is 18.8. The smallest absolute Gasteiger partial charge is 0.280 e. The lowest BCUT2D eigenvalue weighted by Gasteiger charge is -2.39. The second-order valence-electron chi connectivity index (χ2n) is 9.89. The van der Waals surface area contributed by atoms with Crippen molar-refractivity contribution in [3.8, 4) is 0 Å². The molecule has 188 valence electrons. The fourth-order valence-corrected chi connectivity index (χ4v) is 5.95. The van der Waals surface area contributed by atoms with Crippen LogP contribution >= 0.6 is 0 Å². The van der Waals surface area contributed by atoms with Gasteiger partial charge in [0.25, 0.3) is 5.82 Å². The third kappa shape index (κ3) is 4.44. The average molecular weight is 498 g/mol. The van der Waals surface area contributed by atoms with Gasteiger partial charge in [0, 0.05) is 12.5 Å². The fraction of sp³-hybridized carbons (Fsp3) is 0.147. The van der Waals surface area contributed by atoms with Crippen LogP contribution in [0.2, 0.25) is 0 Å². The molecule has 4 aromatic carbocycles. The molecule has 4 heteroatoms. The van der Waals surface area contributed by atoms with Crippen molar-refractivity contribution in [1.82, 2.24) is 5.32 Å². The van der Waals surface area contributed by atoms with E-state index in [0.717, 1.165) is 11.2 Å². The van der Waals surface area contributed by atoms with E-state index in [1.807, 2.05) is 18.2 Å². The van der Waals surface area contributed by atoms with Gasteiger partial charge >= 0.3 is 0 Å². The molecular weight excluding hydrogens is 466 g/mol. The fourth-order valence-electron chi connectivity index (χ4n) is 5.95. The molecule has 0 spiro atoms. The van der Waals surface area contributed by atoms with Crippen molar-refractivity contribution in [3.05, 3.63) is 173 Å². The summed E-state index contributed by atoms with van der Waals surface area (Å²) in [5.74, 6) is 0.676. The summed E-state index contributed by atoms with van der Waals surface area (Å²) in [6, 6.07) is 48.4. The third-order valence-corrected chi connectivity index (χ3v) is 7.62. The molecule has 0 amide bonds. The normalized spacial score (nSPS) is 17.4. The Morgan fingerprint density at radius 2 is 1.11 bits per heavy atom. The van der Waals surface area contributed by atoms with Crippen molar-refractivity contribution in [3.63, 3.8) is 0 Å². The first-order valence-electron chi connectivity index (χ1n) is 13.2. The zero-order chi connectivity index (χ0) is 25.8. The summed E-state index contributed by atoms with van der Waals surface area (Å²) < 4.78 is 0.983. The van der Waals surface area contributed by atoms with Crippen molar-refractivity contribution in [2.45, 2.75) is 24.0 Å². The molecule has 0 radical (unpaired) electrons. The molecule has 0 aliphatic carbocycles. The van der Waals surface area contributed by atoms with Gasteiger partial charge in [-0.05, 0) is 28.3 Å². The Kier molecular flexibility index (Phi) is 6.63. The van der Waals surface area contributed by atoms with Crippen LogP contribution in [0.3, 0.4) is 0 Å². The van der Waals surface area contributed by atoms with Crippen LogP contribution in [0.4, 0.5) is 5.82 Å². The van der Waals surface area contributed by atoms with Crippen LogP contribution in [0.15, 0.2) is 146 Å². The second-order valence-corrected chi connectivity index (χ2v) is 9.89. The molecule has 2 atom stereocenters. The summed E-state index contributed by atoms with van der Waals surface area (Å²) in [5.41, 5.74) is 4.21. The molecule has 1 aliphatic rings. The maximum atomic E-state index is 12.9. The molecule has 0 unspecified atom stereocenters. The molecule has 1 N–H and O–H groups in total. The van der Waals surface area contributed by atoms with E-state index >= 15 is 0 Å². The first-order valence-corrected chi connectivity index (χ1v) is 13.2. The summed E-state index contributed by atoms with van der Waals surface area (Å²) in [7, 11) is 0. The monoisotopic (exact) mass is 497 g/mol. The topological polar surface area (TPSA) is 42.2 Å². The Balaban J connectivity index is 1.47. The molecule has 6 rings (SSSR count). The summed E-state index contributed by atoms with van der Waals surface area (Å²) in [6.45, 7) is 0.708. The molecular formula is C34H31N3O. The highest BCUT2D eigenvalue weighted by Gasteiger charge is 2.45. The minimum Gasteiger partial charge on any atom is -0.711 e. The predicted molar refractivity (Wildman–Crippen MR) is 153 cm³/mol. The number of hydrogen-bond acceptors (Lipinski definition) is 3. The van der Waals surface area contributed by atoms with E-state index in [1.165, 1.54) is 22.3 Å². The van der Waals surface area contributed by atoms with Gasteiger partial charge in [0.2, 0.25) is 0 Å². The number of anilines is 1. The zero-order valence-electron chi connectivity index (χ0n) is 21.2. The average Bonchev–Trinajstić information content (AvgIpc) is 3.41. The van der Waals surface area contributed by atoms with E-state index < -0.39 is 5.54 Å². The van der Waals surface area contributed by atoms with Crippen molar-refractivity contribution in [2.75, 3.05) is 11.4 Å². The van der Waals surface area contributed by atoms with Crippen LogP contribution < -0.4 is 14.9 Å². The number of nitrogens with one attached hydrogen (secondary N) is 1. The van der Waals surface area contributed by atoms with Crippen molar-refractivity contribution in [1.29, 1.82) is 0 Å². The second kappa shape index (κ2) is 10.5. The lowest BCUT2D eigenvalue weighted by atomic mass is 9.76. The maximum Gasteiger partial charge on any atom is 0.280 e. The standard InChI is InChI=1S/C34H31N3O/c38-37-24-14-13-23-33(37)36-26-31(25-32(36)27-15-5-1-6-16-27)35-34(28-17-7-2-8-18-28,29-19-9-3-10-20-29)30-21-11-4-12-22-30/h1-24,31-32,35H,25-26H2/t31-,32+/m0/s1. The highest BCUT2D eigenvalue weighted by Crippen LogP contribution is 2.41. The van der Waals surface area contributed by atoms with E-state index in [0.29, 0.717) is 12.4 Å². The number of rotatable bonds is 7. The molecule has 2 heterocycles. The molecule has 0 bridgehead atoms. The Morgan fingerprint density at radius 1 is 0.632 bits per heavy atom. The largest absolute Gasteiger partial charge is 0.711 e. The van der Waals surface area contributed by atoms with Crippen molar-refractivity contribution < 1.29 is 4.73 Å². The van der Waals surface area contributed by atoms with Gasteiger partial charge in [-0.25, -0.2) is 4.73 Å². The van der Waals surface area contributed by atoms with Crippen molar-refractivity contribution >= 4 is 5.82 Å². The number of pyridine rings is 1. The Labute approximate surface area is 224 Å². The summed E-state index contributed by atoms with van der Waals surface area (Å²) >= 11 is 0. The summed E-state index contributed by atoms with van der Waals surface area (Å²) in [6.07, 6.45) is 2.45. The Bertz CT molecular complexity index is 1360. The van der Waals surface area contributed by atoms with E-state index in [2.05, 4.69) is 125 Å². The molecule has 1 fully saturated rings. The molecule has 1 saturated heterocycles.